The average Bonchev–Trinajstić information content (AvgIpc) is 3.17. The van der Waals surface area contributed by atoms with E-state index in [2.05, 4.69) is 27.2 Å². The highest BCUT2D eigenvalue weighted by Gasteiger charge is 2.23. The highest BCUT2D eigenvalue weighted by Crippen LogP contribution is 2.24. The first kappa shape index (κ1) is 17.8. The molecule has 27 heavy (non-hydrogen) atoms. The first-order valence-corrected chi connectivity index (χ1v) is 9.41. The maximum Gasteiger partial charge on any atom is 0.282 e. The van der Waals surface area contributed by atoms with E-state index in [-0.39, 0.29) is 0 Å². The molecule has 0 saturated carbocycles. The molecule has 0 atom stereocenters. The smallest absolute Gasteiger partial charge is 0.282 e. The predicted octanol–water partition coefficient (Wildman–Crippen LogP) is 2.30. The summed E-state index contributed by atoms with van der Waals surface area (Å²) in [5, 5.41) is 4.72. The fraction of sp³-hybridized carbons (Fsp3) is 0.300. The second kappa shape index (κ2) is 7.98. The van der Waals surface area contributed by atoms with Gasteiger partial charge in [0.2, 0.25) is 5.82 Å². The monoisotopic (exact) mass is 385 g/mol. The van der Waals surface area contributed by atoms with Gasteiger partial charge in [0.1, 0.15) is 5.75 Å². The molecule has 0 amide bonds. The number of halogens is 1. The van der Waals surface area contributed by atoms with Gasteiger partial charge in [0, 0.05) is 11.3 Å². The zero-order valence-corrected chi connectivity index (χ0v) is 15.9. The molecule has 1 aromatic heterocycles. The molecule has 1 saturated heterocycles. The van der Waals surface area contributed by atoms with Crippen LogP contribution < -0.4 is 14.5 Å². The molecule has 0 spiro atoms. The Balaban J connectivity index is 1.35. The number of anilines is 1. The van der Waals surface area contributed by atoms with Crippen molar-refractivity contribution in [2.75, 3.05) is 38.2 Å². The topological polar surface area (TPSA) is 55.8 Å². The highest BCUT2D eigenvalue weighted by molar-refractivity contribution is 6.33. The number of hydrogen-bond acceptors (Lipinski definition) is 5. The molecule has 1 fully saturated rings. The van der Waals surface area contributed by atoms with E-state index in [1.807, 2.05) is 36.4 Å². The Morgan fingerprint density at radius 3 is 2.56 bits per heavy atom. The summed E-state index contributed by atoms with van der Waals surface area (Å²) in [4.78, 5) is 8.35. The van der Waals surface area contributed by atoms with Gasteiger partial charge in [-0.1, -0.05) is 28.9 Å². The Labute approximate surface area is 163 Å². The van der Waals surface area contributed by atoms with E-state index in [4.69, 9.17) is 20.9 Å². The summed E-state index contributed by atoms with van der Waals surface area (Å²) in [6.07, 6.45) is 0. The molecular weight excluding hydrogens is 364 g/mol. The minimum atomic E-state index is 0.548. The van der Waals surface area contributed by atoms with Crippen LogP contribution in [0, 0.1) is 0 Å². The van der Waals surface area contributed by atoms with Crippen molar-refractivity contribution in [2.24, 2.45) is 0 Å². The fourth-order valence-corrected chi connectivity index (χ4v) is 3.56. The van der Waals surface area contributed by atoms with Crippen molar-refractivity contribution in [1.82, 2.24) is 10.1 Å². The van der Waals surface area contributed by atoms with Gasteiger partial charge in [-0.3, -0.25) is 0 Å². The van der Waals surface area contributed by atoms with Gasteiger partial charge in [0.15, 0.2) is 6.54 Å². The summed E-state index contributed by atoms with van der Waals surface area (Å²) in [5.74, 6) is 2.08. The van der Waals surface area contributed by atoms with Crippen LogP contribution >= 0.6 is 11.6 Å². The third-order valence-corrected chi connectivity index (χ3v) is 5.22. The molecule has 1 aliphatic rings. The summed E-state index contributed by atoms with van der Waals surface area (Å²) >= 11 is 6.21. The number of aromatic nitrogens is 2. The van der Waals surface area contributed by atoms with Crippen LogP contribution in [-0.2, 0) is 6.54 Å². The largest absolute Gasteiger partial charge is 0.497 e. The summed E-state index contributed by atoms with van der Waals surface area (Å²) in [5.41, 5.74) is 2.03. The van der Waals surface area contributed by atoms with Crippen molar-refractivity contribution in [1.29, 1.82) is 0 Å². The minimum absolute atomic E-state index is 0.548. The molecule has 3 aromatic rings. The Kier molecular flexibility index (Phi) is 5.27. The fourth-order valence-electron chi connectivity index (χ4n) is 3.34. The second-order valence-electron chi connectivity index (χ2n) is 6.60. The predicted molar refractivity (Wildman–Crippen MR) is 104 cm³/mol. The van der Waals surface area contributed by atoms with Crippen molar-refractivity contribution in [2.45, 2.75) is 6.54 Å². The van der Waals surface area contributed by atoms with E-state index in [0.29, 0.717) is 16.7 Å². The molecule has 0 aliphatic carbocycles. The molecule has 0 radical (unpaired) electrons. The van der Waals surface area contributed by atoms with Gasteiger partial charge in [-0.25, -0.2) is 0 Å². The molecule has 0 unspecified atom stereocenters. The van der Waals surface area contributed by atoms with Crippen LogP contribution in [0.3, 0.4) is 0 Å². The van der Waals surface area contributed by atoms with Gasteiger partial charge in [-0.05, 0) is 36.4 Å². The molecule has 4 rings (SSSR count). The van der Waals surface area contributed by atoms with Crippen LogP contribution in [0.4, 0.5) is 5.69 Å². The first-order valence-electron chi connectivity index (χ1n) is 9.03. The Morgan fingerprint density at radius 1 is 1.11 bits per heavy atom. The molecular formula is C20H22ClN4O2+. The van der Waals surface area contributed by atoms with Crippen LogP contribution in [0.1, 0.15) is 5.89 Å². The van der Waals surface area contributed by atoms with Crippen LogP contribution in [0.15, 0.2) is 53.1 Å². The van der Waals surface area contributed by atoms with E-state index in [1.54, 1.807) is 7.11 Å². The Hall–Kier alpha value is -2.57. The number of ether oxygens (including phenoxy) is 1. The molecule has 2 aromatic carbocycles. The van der Waals surface area contributed by atoms with Crippen LogP contribution in [0.5, 0.6) is 5.75 Å². The third kappa shape index (κ3) is 4.07. The molecule has 7 heteroatoms. The van der Waals surface area contributed by atoms with Gasteiger partial charge in [-0.15, -0.1) is 0 Å². The lowest BCUT2D eigenvalue weighted by atomic mass is 10.2. The van der Waals surface area contributed by atoms with Crippen LogP contribution in [0.2, 0.25) is 5.02 Å². The lowest BCUT2D eigenvalue weighted by Gasteiger charge is -2.33. The number of methoxy groups -OCH3 is 1. The number of nitrogens with one attached hydrogen (secondary N) is 1. The van der Waals surface area contributed by atoms with E-state index in [9.17, 15) is 0 Å². The minimum Gasteiger partial charge on any atom is -0.497 e. The van der Waals surface area contributed by atoms with Crippen LogP contribution in [0.25, 0.3) is 11.4 Å². The zero-order valence-electron chi connectivity index (χ0n) is 15.2. The van der Waals surface area contributed by atoms with E-state index >= 15 is 0 Å². The maximum atomic E-state index is 6.21. The summed E-state index contributed by atoms with van der Waals surface area (Å²) in [6.45, 7) is 4.76. The quantitative estimate of drug-likeness (QED) is 0.730. The van der Waals surface area contributed by atoms with E-state index < -0.39 is 0 Å². The molecule has 140 valence electrons. The zero-order chi connectivity index (χ0) is 18.6. The van der Waals surface area contributed by atoms with Gasteiger partial charge in [0.25, 0.3) is 5.89 Å². The molecule has 2 heterocycles. The maximum absolute atomic E-state index is 6.21. The lowest BCUT2D eigenvalue weighted by Crippen LogP contribution is -3.13. The number of piperazine rings is 1. The van der Waals surface area contributed by atoms with Crippen molar-refractivity contribution in [3.8, 4) is 17.1 Å². The third-order valence-electron chi connectivity index (χ3n) is 4.89. The standard InChI is InChI=1S/C20H21ClN4O2/c1-26-16-8-6-15(7-9-16)25-12-10-24(11-13-25)14-19-22-20(23-27-19)17-4-2-3-5-18(17)21/h2-9H,10-14H2,1H3/p+1. The van der Waals surface area contributed by atoms with Crippen LogP contribution in [-0.4, -0.2) is 43.4 Å². The molecule has 1 aliphatic heterocycles. The van der Waals surface area contributed by atoms with Gasteiger partial charge in [-0.2, -0.15) is 4.98 Å². The average molecular weight is 386 g/mol. The number of rotatable bonds is 5. The van der Waals surface area contributed by atoms with Gasteiger partial charge < -0.3 is 19.1 Å². The normalized spacial score (nSPS) is 15.1. The second-order valence-corrected chi connectivity index (χ2v) is 7.01. The molecule has 6 nitrogen and oxygen atoms in total. The van der Waals surface area contributed by atoms with E-state index in [1.165, 1.54) is 10.6 Å². The van der Waals surface area contributed by atoms with Crippen molar-refractivity contribution in [3.05, 3.63) is 59.4 Å². The summed E-state index contributed by atoms with van der Waals surface area (Å²) in [7, 11) is 1.69. The van der Waals surface area contributed by atoms with Crippen molar-refractivity contribution >= 4 is 17.3 Å². The Morgan fingerprint density at radius 2 is 1.85 bits per heavy atom. The highest BCUT2D eigenvalue weighted by atomic mass is 35.5. The Bertz CT molecular complexity index is 889. The van der Waals surface area contributed by atoms with Crippen molar-refractivity contribution < 1.29 is 14.2 Å². The number of benzene rings is 2. The van der Waals surface area contributed by atoms with Gasteiger partial charge >= 0.3 is 0 Å². The van der Waals surface area contributed by atoms with Crippen molar-refractivity contribution in [3.63, 3.8) is 0 Å². The molecule has 0 bridgehead atoms. The number of nitrogens with zero attached hydrogens (tertiary/aromatic N) is 3. The van der Waals surface area contributed by atoms with E-state index in [0.717, 1.165) is 44.0 Å². The summed E-state index contributed by atoms with van der Waals surface area (Å²) < 4.78 is 10.7. The lowest BCUT2D eigenvalue weighted by molar-refractivity contribution is -0.915. The summed E-state index contributed by atoms with van der Waals surface area (Å²) in [6, 6.07) is 15.8. The SMILES string of the molecule is COc1ccc(N2CC[NH+](Cc3nc(-c4ccccc4Cl)no3)CC2)cc1. The number of quaternary nitrogens is 1. The number of hydrogen-bond donors (Lipinski definition) is 1. The van der Waals surface area contributed by atoms with Gasteiger partial charge in [0.05, 0.1) is 38.3 Å². The first-order chi connectivity index (χ1) is 13.2. The molecule has 1 N–H and O–H groups in total.